The van der Waals surface area contributed by atoms with E-state index in [1.54, 1.807) is 0 Å². The van der Waals surface area contributed by atoms with E-state index < -0.39 is 5.63 Å². The summed E-state index contributed by atoms with van der Waals surface area (Å²) in [5.41, 5.74) is -0.0732. The molecule has 0 aliphatic carbocycles. The zero-order chi connectivity index (χ0) is 12.1. The van der Waals surface area contributed by atoms with Crippen molar-refractivity contribution in [1.29, 1.82) is 0 Å². The molecule has 5 heteroatoms. The van der Waals surface area contributed by atoms with Crippen molar-refractivity contribution in [3.8, 4) is 0 Å². The zero-order valence-corrected chi connectivity index (χ0v) is 9.57. The van der Waals surface area contributed by atoms with Crippen molar-refractivity contribution in [2.75, 3.05) is 13.1 Å². The van der Waals surface area contributed by atoms with Crippen molar-refractivity contribution >= 4 is 5.91 Å². The Morgan fingerprint density at radius 3 is 3.00 bits per heavy atom. The van der Waals surface area contributed by atoms with Gasteiger partial charge >= 0.3 is 5.63 Å². The van der Waals surface area contributed by atoms with Crippen molar-refractivity contribution in [3.63, 3.8) is 0 Å². The zero-order valence-electron chi connectivity index (χ0n) is 9.57. The second-order valence-corrected chi connectivity index (χ2v) is 4.20. The van der Waals surface area contributed by atoms with Crippen LogP contribution in [0.15, 0.2) is 27.6 Å². The largest absolute Gasteiger partial charge is 0.430 e. The molecule has 1 amide bonds. The summed E-state index contributed by atoms with van der Waals surface area (Å²) in [6, 6.07) is 3.06. The highest BCUT2D eigenvalue weighted by Gasteiger charge is 2.14. The van der Waals surface area contributed by atoms with E-state index in [9.17, 15) is 9.59 Å². The van der Waals surface area contributed by atoms with Crippen LogP contribution in [-0.2, 0) is 0 Å². The quantitative estimate of drug-likeness (QED) is 0.802. The van der Waals surface area contributed by atoms with Crippen molar-refractivity contribution in [2.24, 2.45) is 0 Å². The van der Waals surface area contributed by atoms with Gasteiger partial charge in [0, 0.05) is 18.7 Å². The summed E-state index contributed by atoms with van der Waals surface area (Å²) < 4.78 is 4.64. The smallest absolute Gasteiger partial charge is 0.335 e. The Hall–Kier alpha value is -1.62. The highest BCUT2D eigenvalue weighted by molar-refractivity contribution is 5.93. The summed E-state index contributed by atoms with van der Waals surface area (Å²) >= 11 is 0. The molecular formula is C12H16N2O3. The molecule has 0 saturated carbocycles. The molecule has 0 radical (unpaired) electrons. The molecule has 2 heterocycles. The summed E-state index contributed by atoms with van der Waals surface area (Å²) in [5.74, 6) is -0.207. The second-order valence-electron chi connectivity index (χ2n) is 4.20. The maximum absolute atomic E-state index is 11.7. The highest BCUT2D eigenvalue weighted by atomic mass is 16.4. The number of carbonyl (C=O) groups is 1. The molecule has 92 valence electrons. The Morgan fingerprint density at radius 2 is 2.35 bits per heavy atom. The molecule has 1 saturated heterocycles. The number of hydrogen-bond acceptors (Lipinski definition) is 4. The van der Waals surface area contributed by atoms with E-state index >= 15 is 0 Å². The fourth-order valence-corrected chi connectivity index (χ4v) is 1.90. The first-order valence-corrected chi connectivity index (χ1v) is 5.86. The maximum Gasteiger partial charge on any atom is 0.335 e. The minimum Gasteiger partial charge on any atom is -0.430 e. The molecule has 1 aromatic heterocycles. The molecule has 1 unspecified atom stereocenters. The molecule has 0 bridgehead atoms. The van der Waals surface area contributed by atoms with Crippen molar-refractivity contribution in [1.82, 2.24) is 10.6 Å². The number of hydrogen-bond donors (Lipinski definition) is 2. The van der Waals surface area contributed by atoms with Gasteiger partial charge in [0.05, 0.1) is 5.56 Å². The molecular weight excluding hydrogens is 220 g/mol. The van der Waals surface area contributed by atoms with Gasteiger partial charge in [0.25, 0.3) is 5.91 Å². The van der Waals surface area contributed by atoms with Crippen molar-refractivity contribution < 1.29 is 9.21 Å². The van der Waals surface area contributed by atoms with Gasteiger partial charge in [0.15, 0.2) is 0 Å². The summed E-state index contributed by atoms with van der Waals surface area (Å²) in [4.78, 5) is 22.4. The fraction of sp³-hybridized carbons (Fsp3) is 0.500. The highest BCUT2D eigenvalue weighted by Crippen LogP contribution is 2.06. The van der Waals surface area contributed by atoms with Crippen LogP contribution >= 0.6 is 0 Å². The number of amides is 1. The standard InChI is InChI=1S/C12H16N2O3/c15-11-5-4-9(8-17-11)12(16)14-7-10-3-1-2-6-13-10/h4-5,8,10,13H,1-3,6-7H2,(H,14,16). The number of carbonyl (C=O) groups excluding carboxylic acids is 1. The van der Waals surface area contributed by atoms with Crippen molar-refractivity contribution in [3.05, 3.63) is 34.4 Å². The van der Waals surface area contributed by atoms with Gasteiger partial charge in [-0.1, -0.05) is 6.42 Å². The lowest BCUT2D eigenvalue weighted by atomic mass is 10.1. The lowest BCUT2D eigenvalue weighted by Crippen LogP contribution is -2.43. The molecule has 1 aromatic rings. The molecule has 1 aliphatic heterocycles. The van der Waals surface area contributed by atoms with Crippen LogP contribution in [0.1, 0.15) is 29.6 Å². The van der Waals surface area contributed by atoms with Crippen LogP contribution < -0.4 is 16.3 Å². The van der Waals surface area contributed by atoms with Crippen LogP contribution in [0.4, 0.5) is 0 Å². The van der Waals surface area contributed by atoms with Gasteiger partial charge in [-0.2, -0.15) is 0 Å². The van der Waals surface area contributed by atoms with Crippen molar-refractivity contribution in [2.45, 2.75) is 25.3 Å². The van der Waals surface area contributed by atoms with Crippen LogP contribution in [0.3, 0.4) is 0 Å². The molecule has 0 aromatic carbocycles. The average molecular weight is 236 g/mol. The summed E-state index contributed by atoms with van der Waals surface area (Å²) in [6.45, 7) is 1.62. The minimum atomic E-state index is -0.449. The third-order valence-electron chi connectivity index (χ3n) is 2.88. The number of rotatable bonds is 3. The molecule has 1 atom stereocenters. The van der Waals surface area contributed by atoms with Gasteiger partial charge in [-0.3, -0.25) is 4.79 Å². The topological polar surface area (TPSA) is 71.3 Å². The van der Waals surface area contributed by atoms with Gasteiger partial charge in [0.2, 0.25) is 0 Å². The van der Waals surface area contributed by atoms with E-state index in [1.165, 1.54) is 31.2 Å². The summed E-state index contributed by atoms with van der Waals surface area (Å²) in [5, 5.41) is 6.17. The lowest BCUT2D eigenvalue weighted by molar-refractivity contribution is 0.0945. The van der Waals surface area contributed by atoms with Crippen LogP contribution in [0.2, 0.25) is 0 Å². The van der Waals surface area contributed by atoms with Crippen LogP contribution in [-0.4, -0.2) is 25.0 Å². The van der Waals surface area contributed by atoms with E-state index in [4.69, 9.17) is 0 Å². The Bertz CT molecular complexity index is 415. The monoisotopic (exact) mass is 236 g/mol. The van der Waals surface area contributed by atoms with Crippen LogP contribution in [0.25, 0.3) is 0 Å². The first-order valence-electron chi connectivity index (χ1n) is 5.86. The molecule has 5 nitrogen and oxygen atoms in total. The van der Waals surface area contributed by atoms with E-state index in [2.05, 4.69) is 15.1 Å². The molecule has 1 aliphatic rings. The fourth-order valence-electron chi connectivity index (χ4n) is 1.90. The average Bonchev–Trinajstić information content (AvgIpc) is 2.38. The lowest BCUT2D eigenvalue weighted by Gasteiger charge is -2.23. The van der Waals surface area contributed by atoms with E-state index in [0.29, 0.717) is 18.2 Å². The summed E-state index contributed by atoms with van der Waals surface area (Å²) in [6.07, 6.45) is 4.68. The van der Waals surface area contributed by atoms with E-state index in [0.717, 1.165) is 13.0 Å². The Kier molecular flexibility index (Phi) is 3.93. The second kappa shape index (κ2) is 5.63. The van der Waals surface area contributed by atoms with Gasteiger partial charge < -0.3 is 15.1 Å². The van der Waals surface area contributed by atoms with Crippen LogP contribution in [0.5, 0.6) is 0 Å². The van der Waals surface area contributed by atoms with Gasteiger partial charge in [-0.15, -0.1) is 0 Å². The number of piperidine rings is 1. The van der Waals surface area contributed by atoms with Gasteiger partial charge in [-0.05, 0) is 25.5 Å². The first kappa shape index (κ1) is 11.9. The molecule has 2 N–H and O–H groups in total. The van der Waals surface area contributed by atoms with Gasteiger partial charge in [0.1, 0.15) is 6.26 Å². The predicted octanol–water partition coefficient (Wildman–Crippen LogP) is 0.512. The van der Waals surface area contributed by atoms with Gasteiger partial charge in [-0.25, -0.2) is 4.79 Å². The third kappa shape index (κ3) is 3.42. The third-order valence-corrected chi connectivity index (χ3v) is 2.88. The molecule has 0 spiro atoms. The molecule has 1 fully saturated rings. The normalized spacial score (nSPS) is 19.9. The molecule has 17 heavy (non-hydrogen) atoms. The van der Waals surface area contributed by atoms with E-state index in [-0.39, 0.29) is 5.91 Å². The van der Waals surface area contributed by atoms with E-state index in [1.807, 2.05) is 0 Å². The minimum absolute atomic E-state index is 0.207. The Morgan fingerprint density at radius 1 is 1.47 bits per heavy atom. The SMILES string of the molecule is O=C(NCC1CCCCN1)c1ccc(=O)oc1. The Balaban J connectivity index is 1.84. The summed E-state index contributed by atoms with van der Waals surface area (Å²) in [7, 11) is 0. The Labute approximate surface area is 99.2 Å². The first-order chi connectivity index (χ1) is 8.25. The molecule has 2 rings (SSSR count). The van der Waals surface area contributed by atoms with Crippen LogP contribution in [0, 0.1) is 0 Å². The number of nitrogens with one attached hydrogen (secondary N) is 2. The predicted molar refractivity (Wildman–Crippen MR) is 63.0 cm³/mol. The maximum atomic E-state index is 11.7.